The van der Waals surface area contributed by atoms with Crippen LogP contribution in [0.4, 0.5) is 0 Å². The second kappa shape index (κ2) is 42.2. The van der Waals surface area contributed by atoms with Gasteiger partial charge in [-0.25, -0.2) is 4.79 Å². The summed E-state index contributed by atoms with van der Waals surface area (Å²) in [6.07, 6.45) is -24.3. The summed E-state index contributed by atoms with van der Waals surface area (Å²) in [5.41, 5.74) is 2.89. The van der Waals surface area contributed by atoms with E-state index in [1.165, 1.54) is 19.2 Å². The van der Waals surface area contributed by atoms with Crippen LogP contribution in [-0.2, 0) is 72.1 Å². The Morgan fingerprint density at radius 2 is 1.30 bits per heavy atom. The fourth-order valence-electron chi connectivity index (χ4n) is 16.1. The number of primary amides is 1. The van der Waals surface area contributed by atoms with E-state index in [-0.39, 0.29) is 66.6 Å². The Labute approximate surface area is 742 Å². The number of fused-ring (bicyclic) bond motifs is 15. The molecule has 11 bridgehead atoms. The maximum absolute atomic E-state index is 16.5. The van der Waals surface area contributed by atoms with E-state index in [1.807, 2.05) is 45.0 Å². The molecule has 1 saturated heterocycles. The van der Waals surface area contributed by atoms with Gasteiger partial charge in [0.05, 0.1) is 53.5 Å². The average Bonchev–Trinajstić information content (AvgIpc) is 0.751. The lowest BCUT2D eigenvalue weighted by atomic mass is 9.73. The number of likely N-dealkylation sites (N-methyl/N-ethyl adjacent to an activating group) is 1. The Hall–Kier alpha value is -10.7. The van der Waals surface area contributed by atoms with Crippen molar-refractivity contribution in [3.05, 3.63) is 152 Å². The Balaban J connectivity index is 1.09. The molecule has 0 aromatic heterocycles. The predicted octanol–water partition coefficient (Wildman–Crippen LogP) is -0.805. The van der Waals surface area contributed by atoms with Crippen molar-refractivity contribution in [3.8, 4) is 57.1 Å². The summed E-state index contributed by atoms with van der Waals surface area (Å²) in [5, 5.41) is 194. The van der Waals surface area contributed by atoms with Gasteiger partial charge in [-0.3, -0.25) is 38.4 Å². The van der Waals surface area contributed by atoms with E-state index in [1.54, 1.807) is 13.8 Å². The highest BCUT2D eigenvalue weighted by atomic mass is 35.5. The molecule has 6 aliphatic heterocycles. The Kier molecular flexibility index (Phi) is 32.3. The summed E-state index contributed by atoms with van der Waals surface area (Å²) in [6.45, 7) is 6.61. The third-order valence-corrected chi connectivity index (χ3v) is 23.9. The van der Waals surface area contributed by atoms with Gasteiger partial charge in [0.2, 0.25) is 53.4 Å². The number of nitrogens with two attached hydrogens (primary N) is 1. The van der Waals surface area contributed by atoms with Crippen LogP contribution in [0.3, 0.4) is 0 Å². The van der Waals surface area contributed by atoms with Crippen molar-refractivity contribution in [1.82, 2.24) is 53.2 Å². The van der Waals surface area contributed by atoms with Gasteiger partial charge in [0.25, 0.3) is 5.91 Å². The van der Waals surface area contributed by atoms with Crippen LogP contribution in [0.5, 0.6) is 46.0 Å². The number of rotatable bonds is 28. The third-order valence-electron chi connectivity index (χ3n) is 23.3. The van der Waals surface area contributed by atoms with Crippen molar-refractivity contribution < 1.29 is 143 Å². The topological polar surface area (TPSA) is 650 Å². The van der Waals surface area contributed by atoms with Crippen LogP contribution >= 0.6 is 23.2 Å². The van der Waals surface area contributed by atoms with Gasteiger partial charge in [-0.2, -0.15) is 0 Å². The third kappa shape index (κ3) is 22.2. The van der Waals surface area contributed by atoms with Crippen molar-refractivity contribution in [2.75, 3.05) is 33.4 Å². The van der Waals surface area contributed by atoms with Crippen LogP contribution in [0, 0.1) is 11.8 Å². The molecule has 694 valence electrons. The van der Waals surface area contributed by atoms with Crippen LogP contribution in [-0.4, -0.2) is 260 Å². The molecular weight excluding hydrogens is 1720 g/mol. The molecular formula is C86H107Cl2N11O29. The maximum Gasteiger partial charge on any atom is 0.330 e. The van der Waals surface area contributed by atoms with Crippen molar-refractivity contribution in [2.45, 2.75) is 214 Å². The number of aliphatic hydroxyl groups is 11. The number of aliphatic carboxylic acids is 1. The van der Waals surface area contributed by atoms with Crippen molar-refractivity contribution in [2.24, 2.45) is 17.6 Å². The van der Waals surface area contributed by atoms with Gasteiger partial charge in [-0.1, -0.05) is 93.4 Å². The number of aliphatic hydroxyl groups excluding tert-OH is 11. The van der Waals surface area contributed by atoms with E-state index in [9.17, 15) is 90.7 Å². The first-order valence-electron chi connectivity index (χ1n) is 41.4. The van der Waals surface area contributed by atoms with Gasteiger partial charge in [0.1, 0.15) is 114 Å². The number of benzene rings is 6. The fraction of sp³-hybridized carbons (Fsp3) is 0.477. The van der Waals surface area contributed by atoms with Crippen LogP contribution in [0.25, 0.3) is 11.1 Å². The summed E-state index contributed by atoms with van der Waals surface area (Å²) in [5.74, 6) is -18.5. The zero-order valence-corrected chi connectivity index (χ0v) is 71.7. The van der Waals surface area contributed by atoms with E-state index in [0.29, 0.717) is 6.54 Å². The van der Waals surface area contributed by atoms with Crippen molar-refractivity contribution in [1.29, 1.82) is 0 Å². The molecule has 42 heteroatoms. The number of hydrogen-bond donors (Lipinski definition) is 26. The lowest BCUT2D eigenvalue weighted by molar-refractivity contribution is -0.299. The number of amides is 8. The molecule has 6 aromatic rings. The van der Waals surface area contributed by atoms with Crippen molar-refractivity contribution in [3.63, 3.8) is 0 Å². The molecule has 40 nitrogen and oxygen atoms in total. The molecule has 6 heterocycles. The molecule has 6 aromatic carbocycles. The van der Waals surface area contributed by atoms with Crippen LogP contribution in [0.2, 0.25) is 10.0 Å². The van der Waals surface area contributed by atoms with E-state index < -0.39 is 291 Å². The molecule has 0 spiro atoms. The molecule has 128 heavy (non-hydrogen) atoms. The number of carboxylic acids is 1. The highest BCUT2D eigenvalue weighted by molar-refractivity contribution is 6.32. The number of carbonyl (C=O) groups excluding carboxylic acids is 8. The monoisotopic (exact) mass is 1830 g/mol. The van der Waals surface area contributed by atoms with Gasteiger partial charge in [-0.15, -0.1) is 0 Å². The van der Waals surface area contributed by atoms with Crippen LogP contribution in [0.15, 0.2) is 97.1 Å². The lowest BCUT2D eigenvalue weighted by Crippen LogP contribution is -2.64. The minimum atomic E-state index is -2.42. The first-order chi connectivity index (χ1) is 60.7. The number of nitrogens with one attached hydrogen (secondary N) is 10. The van der Waals surface area contributed by atoms with E-state index in [2.05, 4.69) is 53.2 Å². The quantitative estimate of drug-likeness (QED) is 0.0267. The van der Waals surface area contributed by atoms with Gasteiger partial charge in [-0.05, 0) is 152 Å². The average molecular weight is 1830 g/mol. The summed E-state index contributed by atoms with van der Waals surface area (Å²) >= 11 is 14.4. The summed E-state index contributed by atoms with van der Waals surface area (Å²) in [6, 6.07) is 5.66. The summed E-state index contributed by atoms with van der Waals surface area (Å²) in [4.78, 5) is 132. The predicted molar refractivity (Wildman–Crippen MR) is 451 cm³/mol. The number of carboxylic acid groups (broad SMARTS) is 1. The van der Waals surface area contributed by atoms with Crippen LogP contribution < -0.4 is 73.1 Å². The number of ether oxygens (including phenoxy) is 5. The zero-order chi connectivity index (χ0) is 93.4. The minimum Gasteiger partial charge on any atom is -0.507 e. The van der Waals surface area contributed by atoms with Crippen LogP contribution in [0.1, 0.15) is 142 Å². The molecule has 7 aliphatic rings. The molecule has 22 atom stereocenters. The Morgan fingerprint density at radius 1 is 0.680 bits per heavy atom. The zero-order valence-electron chi connectivity index (χ0n) is 70.2. The molecule has 1 saturated carbocycles. The molecule has 3 unspecified atom stereocenters. The smallest absolute Gasteiger partial charge is 0.330 e. The molecule has 8 amide bonds. The standard InChI is InChI=1S/C86H107Cl2N11O29/c1-7-37-9-11-38(12-10-37)31-93-86(5)30-43(22-36(4)76(86)114)124-75-72(112)70(110)58(34-101)127-85(75)128-74-56-26-42-27-57(74)126-55-18-15-41(25-48(55)88)67(107)65-82(120)97-63(84(122)123)45-28-52(103)46(32-91-19-8-20-92-83(121)73(113)71(111)69(109)53(104)33-100)68(108)60(45)44-23-39(13-16-51(44)102)61(79(117)99-65)96-80(118)62(42)95-78(116)50(29-59(89)105)94-81(119)64(98-77(115)49(90-6)21-35(2)3)66(106)40-14-17-54(125-56)47(87)24-40/h9-18,23-28,35-36,43,49-50,53,58,61-67,69-73,75-76,85,90-91,93,100-104,106-114H,7-8,19-22,29-34H2,1-6H3,(H2,89,105)(H,92,121)(H,94,119)(H,95,116)(H,96,118)(H,97,120)(H,98,115)(H,99,117)(H,122,123)/t36-,43-,49-,50+,53-,58-,61+,62-,63+,64-,65+,66-,67-,69-,70?,71+,72?,73-,75-,76-,85+,86?/m1/s1. The number of phenols is 3. The first-order valence-corrected chi connectivity index (χ1v) is 42.1. The largest absolute Gasteiger partial charge is 0.507 e. The molecule has 1 aliphatic carbocycles. The number of halogens is 2. The summed E-state index contributed by atoms with van der Waals surface area (Å²) in [7, 11) is 1.46. The van der Waals surface area contributed by atoms with E-state index in [4.69, 9.17) is 57.7 Å². The van der Waals surface area contributed by atoms with Gasteiger partial charge in [0, 0.05) is 41.9 Å². The van der Waals surface area contributed by atoms with Gasteiger partial charge >= 0.3 is 5.97 Å². The second-order valence-electron chi connectivity index (χ2n) is 33.0. The molecule has 0 radical (unpaired) electrons. The Morgan fingerprint density at radius 3 is 1.90 bits per heavy atom. The summed E-state index contributed by atoms with van der Waals surface area (Å²) < 4.78 is 33.6. The molecule has 2 fully saturated rings. The maximum atomic E-state index is 16.5. The van der Waals surface area contributed by atoms with E-state index >= 15 is 24.0 Å². The number of carbonyl (C=O) groups is 9. The minimum absolute atomic E-state index is 0.0122. The number of aromatic hydroxyl groups is 3. The van der Waals surface area contributed by atoms with Gasteiger partial charge < -0.3 is 159 Å². The number of phenolic OH excluding ortho intramolecular Hbond substituents is 3. The van der Waals surface area contributed by atoms with Crippen molar-refractivity contribution >= 4 is 76.4 Å². The Bertz CT molecular complexity index is 5080. The van der Waals surface area contributed by atoms with Gasteiger partial charge in [0.15, 0.2) is 23.6 Å². The lowest BCUT2D eigenvalue weighted by Gasteiger charge is -2.48. The van der Waals surface area contributed by atoms with E-state index in [0.717, 1.165) is 78.2 Å². The molecule has 13 rings (SSSR count). The second-order valence-corrected chi connectivity index (χ2v) is 33.8. The number of hydrogen-bond acceptors (Lipinski definition) is 31. The SMILES string of the molecule is CCc1ccc(CNC2(C)C[C@H](O[C@@H]3C(O)C(O)[C@@H](CO)O[C@H]3Oc3c4cc5cc3Oc3ccc(cc3Cl)[C@@H](O)[C@@H](NC(=O)[C@@H](CC(C)C)NC)C(=O)N[C@@H](CC(N)=O)C(=O)N[C@H]5C(=O)N[C@@H]3C(=O)N[C@H](C(=O)N[C@H](C(=O)O)c5cc(O)c(CNCCCNC(=O)[C@H](O)[C@@H](O)[C@H](O)[C@H](O)CO)c(O)c5-c5cc3ccc5O)[C@H](O)c3ccc(c(Cl)c3)O4)C[C@@H](C)[C@H]2O)cc1. The highest BCUT2D eigenvalue weighted by Gasteiger charge is 2.52. The first kappa shape index (κ1) is 97.9. The fourth-order valence-corrected chi connectivity index (χ4v) is 16.5. The number of aryl methyl sites for hydroxylation is 1. The normalized spacial score (nSPS) is 26.7. The molecule has 27 N–H and O–H groups in total. The highest BCUT2D eigenvalue weighted by Crippen LogP contribution is 2.51.